The number of anilines is 1. The third kappa shape index (κ3) is 3.29. The van der Waals surface area contributed by atoms with Crippen molar-refractivity contribution in [3.8, 4) is 11.5 Å². The standard InChI is InChI=1S/C21H19N3O5/c1-12-8-16(27-2)17(28-3)9-14(12)23-18(25)10-24-11-22-19-13-6-4-5-7-15(13)29-20(19)21(24)26/h4-9,11H,10H2,1-3H3,(H,23,25). The highest BCUT2D eigenvalue weighted by Crippen LogP contribution is 2.32. The first-order valence-electron chi connectivity index (χ1n) is 8.91. The molecule has 0 atom stereocenters. The van der Waals surface area contributed by atoms with Crippen LogP contribution < -0.4 is 20.3 Å². The second-order valence-electron chi connectivity index (χ2n) is 6.52. The average Bonchev–Trinajstić information content (AvgIpc) is 3.11. The quantitative estimate of drug-likeness (QED) is 0.560. The van der Waals surface area contributed by atoms with E-state index < -0.39 is 5.56 Å². The molecule has 0 unspecified atom stereocenters. The van der Waals surface area contributed by atoms with Crippen LogP contribution in [0.3, 0.4) is 0 Å². The zero-order valence-electron chi connectivity index (χ0n) is 16.2. The summed E-state index contributed by atoms with van der Waals surface area (Å²) < 4.78 is 17.4. The van der Waals surface area contributed by atoms with Gasteiger partial charge in [0.2, 0.25) is 11.5 Å². The van der Waals surface area contributed by atoms with Crippen molar-refractivity contribution < 1.29 is 18.7 Å². The number of fused-ring (bicyclic) bond motifs is 3. The number of aromatic nitrogens is 2. The number of hydrogen-bond donors (Lipinski definition) is 1. The lowest BCUT2D eigenvalue weighted by Gasteiger charge is -2.14. The van der Waals surface area contributed by atoms with Crippen LogP contribution in [0.25, 0.3) is 22.1 Å². The fourth-order valence-electron chi connectivity index (χ4n) is 3.19. The van der Waals surface area contributed by atoms with Crippen molar-refractivity contribution in [3.05, 3.63) is 58.6 Å². The van der Waals surface area contributed by atoms with Gasteiger partial charge in [-0.2, -0.15) is 0 Å². The molecular formula is C21H19N3O5. The number of furan rings is 1. The van der Waals surface area contributed by atoms with Crippen LogP contribution in [0, 0.1) is 6.92 Å². The minimum absolute atomic E-state index is 0.129. The molecule has 0 saturated heterocycles. The topological polar surface area (TPSA) is 95.6 Å². The molecule has 4 aromatic rings. The molecule has 0 fully saturated rings. The van der Waals surface area contributed by atoms with Crippen LogP contribution in [-0.4, -0.2) is 29.7 Å². The van der Waals surface area contributed by atoms with Crippen molar-refractivity contribution in [2.24, 2.45) is 0 Å². The van der Waals surface area contributed by atoms with Gasteiger partial charge in [0.05, 0.1) is 20.5 Å². The van der Waals surface area contributed by atoms with Crippen LogP contribution in [-0.2, 0) is 11.3 Å². The molecule has 0 spiro atoms. The van der Waals surface area contributed by atoms with Gasteiger partial charge in [-0.05, 0) is 30.7 Å². The van der Waals surface area contributed by atoms with Crippen LogP contribution in [0.15, 0.2) is 51.9 Å². The van der Waals surface area contributed by atoms with E-state index in [0.29, 0.717) is 28.3 Å². The van der Waals surface area contributed by atoms with E-state index in [4.69, 9.17) is 13.9 Å². The molecule has 0 radical (unpaired) electrons. The number of benzene rings is 2. The SMILES string of the molecule is COc1cc(C)c(NC(=O)Cn2cnc3c(oc4ccccc43)c2=O)cc1OC. The van der Waals surface area contributed by atoms with Crippen molar-refractivity contribution in [2.75, 3.05) is 19.5 Å². The molecule has 2 aromatic heterocycles. The highest BCUT2D eigenvalue weighted by molar-refractivity contribution is 6.01. The van der Waals surface area contributed by atoms with Crippen LogP contribution in [0.1, 0.15) is 5.56 Å². The summed E-state index contributed by atoms with van der Waals surface area (Å²) in [5, 5.41) is 3.56. The number of nitrogens with one attached hydrogen (secondary N) is 1. The summed E-state index contributed by atoms with van der Waals surface area (Å²) in [6.07, 6.45) is 1.35. The first kappa shape index (κ1) is 18.5. The Morgan fingerprint density at radius 1 is 1.17 bits per heavy atom. The van der Waals surface area contributed by atoms with Crippen LogP contribution >= 0.6 is 0 Å². The minimum Gasteiger partial charge on any atom is -0.493 e. The van der Waals surface area contributed by atoms with Gasteiger partial charge in [0.15, 0.2) is 11.5 Å². The molecule has 0 bridgehead atoms. The number of methoxy groups -OCH3 is 2. The van der Waals surface area contributed by atoms with Gasteiger partial charge in [0, 0.05) is 17.1 Å². The molecule has 29 heavy (non-hydrogen) atoms. The molecule has 0 aliphatic heterocycles. The van der Waals surface area contributed by atoms with Gasteiger partial charge in [-0.25, -0.2) is 4.98 Å². The molecule has 0 aliphatic rings. The Morgan fingerprint density at radius 3 is 2.66 bits per heavy atom. The van der Waals surface area contributed by atoms with Crippen LogP contribution in [0.4, 0.5) is 5.69 Å². The third-order valence-corrected chi connectivity index (χ3v) is 4.67. The Morgan fingerprint density at radius 2 is 1.90 bits per heavy atom. The summed E-state index contributed by atoms with van der Waals surface area (Å²) in [4.78, 5) is 29.6. The normalized spacial score (nSPS) is 11.0. The smallest absolute Gasteiger partial charge is 0.297 e. The van der Waals surface area contributed by atoms with E-state index in [2.05, 4.69) is 10.3 Å². The summed E-state index contributed by atoms with van der Waals surface area (Å²) in [6.45, 7) is 1.64. The number of para-hydroxylation sites is 1. The number of nitrogens with zero attached hydrogens (tertiary/aromatic N) is 2. The molecule has 2 heterocycles. The van der Waals surface area contributed by atoms with Gasteiger partial charge in [0.1, 0.15) is 17.6 Å². The average molecular weight is 393 g/mol. The number of hydrogen-bond acceptors (Lipinski definition) is 6. The summed E-state index contributed by atoms with van der Waals surface area (Å²) >= 11 is 0. The fraction of sp³-hybridized carbons (Fsp3) is 0.190. The van der Waals surface area contributed by atoms with E-state index in [1.165, 1.54) is 18.0 Å². The van der Waals surface area contributed by atoms with Crippen LogP contribution in [0.2, 0.25) is 0 Å². The fourth-order valence-corrected chi connectivity index (χ4v) is 3.19. The highest BCUT2D eigenvalue weighted by atomic mass is 16.5. The van der Waals surface area contributed by atoms with Gasteiger partial charge < -0.3 is 19.2 Å². The van der Waals surface area contributed by atoms with Gasteiger partial charge in [0.25, 0.3) is 5.56 Å². The predicted molar refractivity (Wildman–Crippen MR) is 109 cm³/mol. The molecule has 148 valence electrons. The second kappa shape index (κ2) is 7.31. The Kier molecular flexibility index (Phi) is 4.67. The first-order chi connectivity index (χ1) is 14.0. The third-order valence-electron chi connectivity index (χ3n) is 4.67. The summed E-state index contributed by atoms with van der Waals surface area (Å²) in [5.74, 6) is 0.689. The predicted octanol–water partition coefficient (Wildman–Crippen LogP) is 3.11. The Labute approximate surface area is 165 Å². The molecule has 2 aromatic carbocycles. The monoisotopic (exact) mass is 393 g/mol. The lowest BCUT2D eigenvalue weighted by molar-refractivity contribution is -0.116. The zero-order chi connectivity index (χ0) is 20.5. The van der Waals surface area contributed by atoms with Crippen LogP contribution in [0.5, 0.6) is 11.5 Å². The number of aryl methyl sites for hydroxylation is 1. The van der Waals surface area contributed by atoms with Crippen molar-refractivity contribution >= 4 is 33.7 Å². The molecule has 8 heteroatoms. The van der Waals surface area contributed by atoms with Gasteiger partial charge in [-0.15, -0.1) is 0 Å². The molecule has 1 N–H and O–H groups in total. The van der Waals surface area contributed by atoms with E-state index in [-0.39, 0.29) is 18.0 Å². The summed E-state index contributed by atoms with van der Waals surface area (Å²) in [7, 11) is 3.07. The number of rotatable bonds is 5. The first-order valence-corrected chi connectivity index (χ1v) is 8.91. The minimum atomic E-state index is -0.412. The van der Waals surface area contributed by atoms with Crippen molar-refractivity contribution in [1.29, 1.82) is 0 Å². The lowest BCUT2D eigenvalue weighted by atomic mass is 10.1. The molecule has 0 saturated carbocycles. The summed E-state index contributed by atoms with van der Waals surface area (Å²) in [6, 6.07) is 10.7. The maximum Gasteiger partial charge on any atom is 0.297 e. The maximum atomic E-state index is 12.7. The molecular weight excluding hydrogens is 374 g/mol. The summed E-state index contributed by atoms with van der Waals surface area (Å²) in [5.41, 5.74) is 2.15. The molecule has 0 aliphatic carbocycles. The number of carbonyl (C=O) groups excluding carboxylic acids is 1. The molecule has 4 rings (SSSR count). The van der Waals surface area contributed by atoms with E-state index in [0.717, 1.165) is 10.9 Å². The van der Waals surface area contributed by atoms with E-state index >= 15 is 0 Å². The molecule has 8 nitrogen and oxygen atoms in total. The largest absolute Gasteiger partial charge is 0.493 e. The number of carbonyl (C=O) groups is 1. The second-order valence-corrected chi connectivity index (χ2v) is 6.52. The number of amides is 1. The zero-order valence-corrected chi connectivity index (χ0v) is 16.2. The lowest BCUT2D eigenvalue weighted by Crippen LogP contribution is -2.27. The van der Waals surface area contributed by atoms with Crippen molar-refractivity contribution in [3.63, 3.8) is 0 Å². The van der Waals surface area contributed by atoms with Crippen molar-refractivity contribution in [1.82, 2.24) is 9.55 Å². The van der Waals surface area contributed by atoms with Gasteiger partial charge in [-0.1, -0.05) is 12.1 Å². The van der Waals surface area contributed by atoms with E-state index in [1.54, 1.807) is 25.3 Å². The Hall–Kier alpha value is -3.81. The number of ether oxygens (including phenoxy) is 2. The molecule has 1 amide bonds. The van der Waals surface area contributed by atoms with E-state index in [1.807, 2.05) is 25.1 Å². The maximum absolute atomic E-state index is 12.7. The van der Waals surface area contributed by atoms with E-state index in [9.17, 15) is 9.59 Å². The van der Waals surface area contributed by atoms with Crippen molar-refractivity contribution in [2.45, 2.75) is 13.5 Å². The Bertz CT molecular complexity index is 1290. The van der Waals surface area contributed by atoms with Gasteiger partial charge in [-0.3, -0.25) is 14.2 Å². The highest BCUT2D eigenvalue weighted by Gasteiger charge is 2.16. The Balaban J connectivity index is 1.62. The van der Waals surface area contributed by atoms with Gasteiger partial charge >= 0.3 is 0 Å².